The van der Waals surface area contributed by atoms with Gasteiger partial charge in [-0.25, -0.2) is 0 Å². The molecule has 0 bridgehead atoms. The number of methoxy groups -OCH3 is 1. The van der Waals surface area contributed by atoms with Crippen molar-refractivity contribution in [2.24, 2.45) is 5.92 Å². The normalized spacial score (nSPS) is 13.8. The summed E-state index contributed by atoms with van der Waals surface area (Å²) < 4.78 is 35.4. The third-order valence-electron chi connectivity index (χ3n) is 5.30. The van der Waals surface area contributed by atoms with Gasteiger partial charge in [0.05, 0.1) is 6.61 Å². The van der Waals surface area contributed by atoms with Gasteiger partial charge in [-0.1, -0.05) is 18.6 Å². The molecule has 2 aromatic carbocycles. The highest BCUT2D eigenvalue weighted by Crippen LogP contribution is 2.29. The first-order valence-electron chi connectivity index (χ1n) is 10.5. The van der Waals surface area contributed by atoms with Gasteiger partial charge >= 0.3 is 10.1 Å². The van der Waals surface area contributed by atoms with Gasteiger partial charge in [-0.15, -0.1) is 0 Å². The van der Waals surface area contributed by atoms with Gasteiger partial charge in [0.2, 0.25) is 11.8 Å². The Bertz CT molecular complexity index is 1030. The van der Waals surface area contributed by atoms with Crippen LogP contribution in [0.5, 0.6) is 5.75 Å². The van der Waals surface area contributed by atoms with Gasteiger partial charge in [-0.3, -0.25) is 9.59 Å². The molecule has 9 heteroatoms. The van der Waals surface area contributed by atoms with Crippen molar-refractivity contribution in [3.63, 3.8) is 0 Å². The Morgan fingerprint density at radius 1 is 1.06 bits per heavy atom. The smallest absolute Gasteiger partial charge is 0.339 e. The summed E-state index contributed by atoms with van der Waals surface area (Å²) in [5.41, 5.74) is 1.37. The van der Waals surface area contributed by atoms with Crippen molar-refractivity contribution in [3.05, 3.63) is 54.1 Å². The molecule has 2 aromatic rings. The molecule has 32 heavy (non-hydrogen) atoms. The third-order valence-corrected chi connectivity index (χ3v) is 6.56. The molecular weight excluding hydrogens is 432 g/mol. The van der Waals surface area contributed by atoms with Gasteiger partial charge in [-0.2, -0.15) is 8.42 Å². The summed E-state index contributed by atoms with van der Waals surface area (Å²) >= 11 is 0. The molecule has 0 radical (unpaired) electrons. The van der Waals surface area contributed by atoms with Crippen LogP contribution in [0.3, 0.4) is 0 Å². The van der Waals surface area contributed by atoms with Crippen LogP contribution in [0.1, 0.15) is 31.7 Å². The minimum absolute atomic E-state index is 0.0208. The van der Waals surface area contributed by atoms with Crippen LogP contribution in [-0.4, -0.2) is 45.4 Å². The number of nitrogens with zero attached hydrogens (tertiary/aromatic N) is 1. The number of carbonyl (C=O) groups is 2. The van der Waals surface area contributed by atoms with Crippen molar-refractivity contribution in [1.82, 2.24) is 4.90 Å². The number of anilines is 1. The Morgan fingerprint density at radius 2 is 1.72 bits per heavy atom. The first-order chi connectivity index (χ1) is 15.3. The topological polar surface area (TPSA) is 102 Å². The second-order valence-electron chi connectivity index (χ2n) is 7.77. The molecule has 0 heterocycles. The van der Waals surface area contributed by atoms with E-state index in [1.165, 1.54) is 31.2 Å². The van der Waals surface area contributed by atoms with E-state index < -0.39 is 10.1 Å². The Morgan fingerprint density at radius 3 is 2.25 bits per heavy atom. The molecule has 0 aromatic heterocycles. The minimum Gasteiger partial charge on any atom is -0.383 e. The van der Waals surface area contributed by atoms with E-state index in [1.54, 1.807) is 36.3 Å². The summed E-state index contributed by atoms with van der Waals surface area (Å²) in [4.78, 5) is 25.5. The molecule has 1 N–H and O–H groups in total. The van der Waals surface area contributed by atoms with Crippen molar-refractivity contribution < 1.29 is 26.9 Å². The predicted molar refractivity (Wildman–Crippen MR) is 120 cm³/mol. The molecule has 1 fully saturated rings. The van der Waals surface area contributed by atoms with Crippen LogP contribution in [0.4, 0.5) is 5.69 Å². The van der Waals surface area contributed by atoms with E-state index in [2.05, 4.69) is 5.32 Å². The number of hydrogen-bond acceptors (Lipinski definition) is 6. The maximum Gasteiger partial charge on any atom is 0.339 e. The van der Waals surface area contributed by atoms with Gasteiger partial charge in [0.1, 0.15) is 10.6 Å². The number of ether oxygens (including phenoxy) is 1. The average molecular weight is 461 g/mol. The van der Waals surface area contributed by atoms with Crippen molar-refractivity contribution >= 4 is 27.6 Å². The Labute approximate surface area is 188 Å². The fraction of sp³-hybridized carbons (Fsp3) is 0.391. The second kappa shape index (κ2) is 10.6. The van der Waals surface area contributed by atoms with Crippen molar-refractivity contribution in [3.8, 4) is 5.75 Å². The second-order valence-corrected chi connectivity index (χ2v) is 9.31. The SMILES string of the molecule is COCCN(Cc1ccc(OS(=O)(=O)c2ccc(NC(C)=O)cc2)cc1)C(=O)C1CCC1. The van der Waals surface area contributed by atoms with Gasteiger partial charge in [-0.05, 0) is 54.8 Å². The summed E-state index contributed by atoms with van der Waals surface area (Å²) in [5.74, 6) is 0.163. The number of nitrogens with one attached hydrogen (secondary N) is 1. The summed E-state index contributed by atoms with van der Waals surface area (Å²) in [5, 5.41) is 2.58. The Balaban J connectivity index is 1.64. The lowest BCUT2D eigenvalue weighted by Gasteiger charge is -2.31. The lowest BCUT2D eigenvalue weighted by atomic mass is 9.84. The molecule has 2 amide bonds. The van der Waals surface area contributed by atoms with E-state index in [-0.39, 0.29) is 28.4 Å². The van der Waals surface area contributed by atoms with Crippen molar-refractivity contribution in [2.45, 2.75) is 37.6 Å². The zero-order chi connectivity index (χ0) is 23.1. The molecule has 0 aliphatic heterocycles. The maximum atomic E-state index is 12.7. The van der Waals surface area contributed by atoms with Gasteiger partial charge in [0.25, 0.3) is 0 Å². The lowest BCUT2D eigenvalue weighted by molar-refractivity contribution is -0.139. The summed E-state index contributed by atoms with van der Waals surface area (Å²) in [6.07, 6.45) is 2.95. The maximum absolute atomic E-state index is 12.7. The van der Waals surface area contributed by atoms with Crippen LogP contribution >= 0.6 is 0 Å². The highest BCUT2D eigenvalue weighted by Gasteiger charge is 2.29. The summed E-state index contributed by atoms with van der Waals surface area (Å²) in [6, 6.07) is 12.4. The van der Waals surface area contributed by atoms with Gasteiger partial charge in [0.15, 0.2) is 0 Å². The van der Waals surface area contributed by atoms with Gasteiger partial charge in [0, 0.05) is 38.7 Å². The largest absolute Gasteiger partial charge is 0.383 e. The number of rotatable bonds is 10. The monoisotopic (exact) mass is 460 g/mol. The fourth-order valence-electron chi connectivity index (χ4n) is 3.34. The zero-order valence-electron chi connectivity index (χ0n) is 18.2. The lowest BCUT2D eigenvalue weighted by Crippen LogP contribution is -2.40. The van der Waals surface area contributed by atoms with Crippen LogP contribution in [0.15, 0.2) is 53.4 Å². The fourth-order valence-corrected chi connectivity index (χ4v) is 4.27. The Kier molecular flexibility index (Phi) is 7.87. The van der Waals surface area contributed by atoms with E-state index in [4.69, 9.17) is 8.92 Å². The first kappa shape index (κ1) is 23.7. The highest BCUT2D eigenvalue weighted by molar-refractivity contribution is 7.87. The molecule has 1 aliphatic rings. The molecule has 0 atom stereocenters. The number of benzene rings is 2. The molecule has 0 spiro atoms. The average Bonchev–Trinajstić information content (AvgIpc) is 2.70. The molecule has 3 rings (SSSR count). The quantitative estimate of drug-likeness (QED) is 0.547. The zero-order valence-corrected chi connectivity index (χ0v) is 19.1. The van der Waals surface area contributed by atoms with Crippen molar-refractivity contribution in [2.75, 3.05) is 25.6 Å². The first-order valence-corrected chi connectivity index (χ1v) is 11.9. The predicted octanol–water partition coefficient (Wildman–Crippen LogP) is 3.19. The summed E-state index contributed by atoms with van der Waals surface area (Å²) in [7, 11) is -2.42. The minimum atomic E-state index is -4.02. The third kappa shape index (κ3) is 6.30. The molecular formula is C23H28N2O6S. The van der Waals surface area contributed by atoms with Crippen molar-refractivity contribution in [1.29, 1.82) is 0 Å². The molecule has 0 saturated heterocycles. The standard InChI is InChI=1S/C23H28N2O6S/c1-17(26)24-20-8-12-22(13-9-20)32(28,29)31-21-10-6-18(7-11-21)16-25(14-15-30-2)23(27)19-4-3-5-19/h6-13,19H,3-5,14-16H2,1-2H3,(H,24,26). The summed E-state index contributed by atoms with van der Waals surface area (Å²) in [6.45, 7) is 2.76. The number of hydrogen-bond donors (Lipinski definition) is 1. The number of carbonyl (C=O) groups excluding carboxylic acids is 2. The van der Waals surface area contributed by atoms with Crippen LogP contribution in [-0.2, 0) is 31.0 Å². The highest BCUT2D eigenvalue weighted by atomic mass is 32.2. The molecule has 1 saturated carbocycles. The molecule has 0 unspecified atom stereocenters. The molecule has 1 aliphatic carbocycles. The van der Waals surface area contributed by atoms with E-state index >= 15 is 0 Å². The van der Waals surface area contributed by atoms with E-state index in [9.17, 15) is 18.0 Å². The van der Waals surface area contributed by atoms with E-state index in [0.29, 0.717) is 25.4 Å². The Hall–Kier alpha value is -2.91. The molecule has 172 valence electrons. The van der Waals surface area contributed by atoms with E-state index in [1.807, 2.05) is 0 Å². The van der Waals surface area contributed by atoms with Crippen LogP contribution < -0.4 is 9.50 Å². The van der Waals surface area contributed by atoms with Gasteiger partial charge < -0.3 is 19.1 Å². The van der Waals surface area contributed by atoms with E-state index in [0.717, 1.165) is 24.8 Å². The van der Waals surface area contributed by atoms with Crippen LogP contribution in [0, 0.1) is 5.92 Å². The van der Waals surface area contributed by atoms with Crippen LogP contribution in [0.25, 0.3) is 0 Å². The van der Waals surface area contributed by atoms with Crippen LogP contribution in [0.2, 0.25) is 0 Å². The molecule has 8 nitrogen and oxygen atoms in total. The number of amides is 2.